The molecule has 1 aliphatic rings. The Hall–Kier alpha value is -1.03. The maximum atomic E-state index is 12.1. The SMILES string of the molecule is COc1ccc(CCC(=O)NC2CCCCC2CBr)cc1. The van der Waals surface area contributed by atoms with E-state index >= 15 is 0 Å². The molecule has 1 N–H and O–H groups in total. The Labute approximate surface area is 135 Å². The maximum Gasteiger partial charge on any atom is 0.220 e. The molecule has 0 aromatic heterocycles. The van der Waals surface area contributed by atoms with E-state index in [1.165, 1.54) is 24.8 Å². The van der Waals surface area contributed by atoms with E-state index < -0.39 is 0 Å². The average Bonchev–Trinajstić information content (AvgIpc) is 2.54. The molecule has 3 nitrogen and oxygen atoms in total. The highest BCUT2D eigenvalue weighted by Crippen LogP contribution is 2.26. The molecule has 1 aliphatic carbocycles. The molecule has 0 heterocycles. The van der Waals surface area contributed by atoms with Crippen molar-refractivity contribution in [1.82, 2.24) is 5.32 Å². The summed E-state index contributed by atoms with van der Waals surface area (Å²) in [5.74, 6) is 1.61. The summed E-state index contributed by atoms with van der Waals surface area (Å²) in [4.78, 5) is 12.1. The van der Waals surface area contributed by atoms with Gasteiger partial charge in [0.1, 0.15) is 5.75 Å². The number of carbonyl (C=O) groups is 1. The Kier molecular flexibility index (Phi) is 6.55. The molecular weight excluding hydrogens is 330 g/mol. The van der Waals surface area contributed by atoms with Gasteiger partial charge < -0.3 is 10.1 Å². The van der Waals surface area contributed by atoms with Gasteiger partial charge in [0.2, 0.25) is 5.91 Å². The minimum absolute atomic E-state index is 0.170. The number of methoxy groups -OCH3 is 1. The molecule has 0 radical (unpaired) electrons. The van der Waals surface area contributed by atoms with Gasteiger partial charge in [0.15, 0.2) is 0 Å². The van der Waals surface area contributed by atoms with Crippen LogP contribution in [-0.2, 0) is 11.2 Å². The van der Waals surface area contributed by atoms with Crippen molar-refractivity contribution in [3.63, 3.8) is 0 Å². The number of aryl methyl sites for hydroxylation is 1. The van der Waals surface area contributed by atoms with Gasteiger partial charge >= 0.3 is 0 Å². The van der Waals surface area contributed by atoms with E-state index in [0.717, 1.165) is 23.9 Å². The molecule has 2 atom stereocenters. The number of hydrogen-bond acceptors (Lipinski definition) is 2. The van der Waals surface area contributed by atoms with Crippen molar-refractivity contribution < 1.29 is 9.53 Å². The standard InChI is InChI=1S/C17H24BrNO2/c1-21-15-9-6-13(7-10-15)8-11-17(20)19-16-5-3-2-4-14(16)12-18/h6-7,9-10,14,16H,2-5,8,11-12H2,1H3,(H,19,20). The molecule has 21 heavy (non-hydrogen) atoms. The van der Waals surface area contributed by atoms with Crippen molar-refractivity contribution in [3.8, 4) is 5.75 Å². The van der Waals surface area contributed by atoms with Crippen LogP contribution in [0, 0.1) is 5.92 Å². The molecule has 2 unspecified atom stereocenters. The first kappa shape index (κ1) is 16.3. The molecule has 0 spiro atoms. The first-order chi connectivity index (χ1) is 10.2. The summed E-state index contributed by atoms with van der Waals surface area (Å²) in [6, 6.07) is 8.27. The second kappa shape index (κ2) is 8.42. The van der Waals surface area contributed by atoms with Crippen LogP contribution < -0.4 is 10.1 Å². The number of hydrogen-bond donors (Lipinski definition) is 1. The number of rotatable bonds is 6. The highest BCUT2D eigenvalue weighted by atomic mass is 79.9. The Bertz CT molecular complexity index is 447. The Morgan fingerprint density at radius 1 is 1.29 bits per heavy atom. The van der Waals surface area contributed by atoms with Gasteiger partial charge in [-0.2, -0.15) is 0 Å². The molecule has 116 valence electrons. The third-order valence-corrected chi connectivity index (χ3v) is 5.09. The summed E-state index contributed by atoms with van der Waals surface area (Å²) in [7, 11) is 1.66. The quantitative estimate of drug-likeness (QED) is 0.791. The van der Waals surface area contributed by atoms with Gasteiger partial charge in [-0.3, -0.25) is 4.79 Å². The lowest BCUT2D eigenvalue weighted by molar-refractivity contribution is -0.122. The maximum absolute atomic E-state index is 12.1. The summed E-state index contributed by atoms with van der Waals surface area (Å²) < 4.78 is 5.14. The topological polar surface area (TPSA) is 38.3 Å². The van der Waals surface area contributed by atoms with Crippen LogP contribution in [-0.4, -0.2) is 24.4 Å². The zero-order chi connectivity index (χ0) is 15.1. The smallest absolute Gasteiger partial charge is 0.220 e. The first-order valence-corrected chi connectivity index (χ1v) is 8.83. The molecule has 1 saturated carbocycles. The van der Waals surface area contributed by atoms with Gasteiger partial charge in [-0.15, -0.1) is 0 Å². The fraction of sp³-hybridized carbons (Fsp3) is 0.588. The fourth-order valence-electron chi connectivity index (χ4n) is 2.91. The largest absolute Gasteiger partial charge is 0.497 e. The van der Waals surface area contributed by atoms with E-state index in [0.29, 0.717) is 18.4 Å². The molecule has 0 bridgehead atoms. The van der Waals surface area contributed by atoms with E-state index in [-0.39, 0.29) is 5.91 Å². The van der Waals surface area contributed by atoms with Crippen LogP contribution in [0.25, 0.3) is 0 Å². The minimum atomic E-state index is 0.170. The number of ether oxygens (including phenoxy) is 1. The zero-order valence-corrected chi connectivity index (χ0v) is 14.2. The van der Waals surface area contributed by atoms with Crippen LogP contribution in [0.2, 0.25) is 0 Å². The fourth-order valence-corrected chi connectivity index (χ4v) is 3.69. The number of benzene rings is 1. The van der Waals surface area contributed by atoms with E-state index in [1.54, 1.807) is 7.11 Å². The molecular formula is C17H24BrNO2. The average molecular weight is 354 g/mol. The predicted octanol–water partition coefficient (Wildman–Crippen LogP) is 3.70. The molecule has 4 heteroatoms. The van der Waals surface area contributed by atoms with Gasteiger partial charge in [0.25, 0.3) is 0 Å². The van der Waals surface area contributed by atoms with Crippen molar-refractivity contribution >= 4 is 21.8 Å². The summed E-state index contributed by atoms with van der Waals surface area (Å²) in [5.41, 5.74) is 1.17. The molecule has 0 saturated heterocycles. The highest BCUT2D eigenvalue weighted by Gasteiger charge is 2.25. The van der Waals surface area contributed by atoms with Crippen LogP contribution in [0.5, 0.6) is 5.75 Å². The van der Waals surface area contributed by atoms with Gasteiger partial charge in [0, 0.05) is 17.8 Å². The normalized spacial score (nSPS) is 21.8. The van der Waals surface area contributed by atoms with Crippen molar-refractivity contribution in [1.29, 1.82) is 0 Å². The second-order valence-electron chi connectivity index (χ2n) is 5.72. The van der Waals surface area contributed by atoms with Gasteiger partial charge in [-0.1, -0.05) is 40.9 Å². The first-order valence-electron chi connectivity index (χ1n) is 7.71. The Morgan fingerprint density at radius 3 is 2.67 bits per heavy atom. The van der Waals surface area contributed by atoms with E-state index in [9.17, 15) is 4.79 Å². The predicted molar refractivity (Wildman–Crippen MR) is 89.0 cm³/mol. The van der Waals surface area contributed by atoms with Crippen molar-refractivity contribution in [2.24, 2.45) is 5.92 Å². The third-order valence-electron chi connectivity index (χ3n) is 4.25. The summed E-state index contributed by atoms with van der Waals surface area (Å²) >= 11 is 3.57. The van der Waals surface area contributed by atoms with E-state index in [1.807, 2.05) is 24.3 Å². The number of amides is 1. The van der Waals surface area contributed by atoms with Gasteiger partial charge in [0.05, 0.1) is 7.11 Å². The number of alkyl halides is 1. The summed E-state index contributed by atoms with van der Waals surface area (Å²) in [6.07, 6.45) is 6.18. The van der Waals surface area contributed by atoms with Crippen molar-refractivity contribution in [2.45, 2.75) is 44.6 Å². The lowest BCUT2D eigenvalue weighted by Gasteiger charge is -2.31. The second-order valence-corrected chi connectivity index (χ2v) is 6.37. The zero-order valence-electron chi connectivity index (χ0n) is 12.6. The van der Waals surface area contributed by atoms with Gasteiger partial charge in [-0.25, -0.2) is 0 Å². The van der Waals surface area contributed by atoms with Crippen molar-refractivity contribution in [3.05, 3.63) is 29.8 Å². The van der Waals surface area contributed by atoms with Crippen molar-refractivity contribution in [2.75, 3.05) is 12.4 Å². The summed E-state index contributed by atoms with van der Waals surface area (Å²) in [6.45, 7) is 0. The molecule has 0 aliphatic heterocycles. The molecule has 1 fully saturated rings. The van der Waals surface area contributed by atoms with Crippen LogP contribution in [0.1, 0.15) is 37.7 Å². The van der Waals surface area contributed by atoms with Crippen LogP contribution in [0.3, 0.4) is 0 Å². The Balaban J connectivity index is 1.78. The van der Waals surface area contributed by atoms with Gasteiger partial charge in [-0.05, 0) is 42.9 Å². The Morgan fingerprint density at radius 2 is 2.00 bits per heavy atom. The lowest BCUT2D eigenvalue weighted by atomic mass is 9.86. The minimum Gasteiger partial charge on any atom is -0.497 e. The number of carbonyl (C=O) groups excluding carboxylic acids is 1. The van der Waals surface area contributed by atoms with E-state index in [2.05, 4.69) is 21.2 Å². The molecule has 1 amide bonds. The van der Waals surface area contributed by atoms with Crippen LogP contribution >= 0.6 is 15.9 Å². The van der Waals surface area contributed by atoms with Crippen LogP contribution in [0.15, 0.2) is 24.3 Å². The van der Waals surface area contributed by atoms with E-state index in [4.69, 9.17) is 4.74 Å². The lowest BCUT2D eigenvalue weighted by Crippen LogP contribution is -2.42. The number of nitrogens with one attached hydrogen (secondary N) is 1. The monoisotopic (exact) mass is 353 g/mol. The van der Waals surface area contributed by atoms with Crippen LogP contribution in [0.4, 0.5) is 0 Å². The molecule has 1 aromatic rings. The molecule has 1 aromatic carbocycles. The molecule has 2 rings (SSSR count). The number of halogens is 1. The third kappa shape index (κ3) is 5.03. The highest BCUT2D eigenvalue weighted by molar-refractivity contribution is 9.09. The summed E-state index contributed by atoms with van der Waals surface area (Å²) in [5, 5.41) is 4.20.